The van der Waals surface area contributed by atoms with E-state index in [0.717, 1.165) is 22.4 Å². The number of alkyl halides is 3. The Hall–Kier alpha value is -4.56. The predicted molar refractivity (Wildman–Crippen MR) is 139 cm³/mol. The summed E-state index contributed by atoms with van der Waals surface area (Å²) in [6.45, 7) is 2.03. The molecule has 0 amide bonds. The molecule has 0 spiro atoms. The van der Waals surface area contributed by atoms with E-state index in [9.17, 15) is 21.6 Å². The first-order valence-corrected chi connectivity index (χ1v) is 12.6. The zero-order valence-corrected chi connectivity index (χ0v) is 21.4. The number of nitrogens with zero attached hydrogens (tertiary/aromatic N) is 3. The van der Waals surface area contributed by atoms with Gasteiger partial charge in [-0.1, -0.05) is 18.2 Å². The Bertz CT molecular complexity index is 1550. The molecular formula is C25H23F3N6O4S. The molecule has 0 unspecified atom stereocenters. The van der Waals surface area contributed by atoms with Crippen molar-refractivity contribution in [3.8, 4) is 11.1 Å². The number of sulfonamides is 1. The monoisotopic (exact) mass is 560 g/mol. The number of carboxylic acid groups (broad SMARTS) is 1. The predicted octanol–water partition coefficient (Wildman–Crippen LogP) is 4.88. The second kappa shape index (κ2) is 12.3. The van der Waals surface area contributed by atoms with Gasteiger partial charge in [-0.2, -0.15) is 13.2 Å². The molecule has 0 aliphatic carbocycles. The van der Waals surface area contributed by atoms with Crippen LogP contribution < -0.4 is 15.4 Å². The minimum absolute atomic E-state index is 0.167. The van der Waals surface area contributed by atoms with Crippen molar-refractivity contribution < 1.29 is 31.5 Å². The fourth-order valence-electron chi connectivity index (χ4n) is 3.20. The van der Waals surface area contributed by atoms with E-state index in [-0.39, 0.29) is 4.90 Å². The largest absolute Gasteiger partial charge is 0.490 e. The summed E-state index contributed by atoms with van der Waals surface area (Å²) in [6.07, 6.45) is -0.0674. The van der Waals surface area contributed by atoms with Crippen LogP contribution in [0.2, 0.25) is 0 Å². The van der Waals surface area contributed by atoms with E-state index in [1.165, 1.54) is 19.4 Å². The summed E-state index contributed by atoms with van der Waals surface area (Å²) in [5, 5.41) is 13.6. The molecule has 14 heteroatoms. The highest BCUT2D eigenvalue weighted by atomic mass is 32.2. The standard InChI is InChI=1S/C23H22N6O2S.C2HF3O2/c1-16-9-18(17-5-4-8-25-14-17)11-20(10-16)29-23-13-22(26-15-27-23)28-19-6-3-7-21(12-19)32(30,31)24-2;3-2(4,5)1(6)7/h3-15,24H,1-2H3,(H2,26,27,28,29);(H,6,7). The SMILES string of the molecule is CNS(=O)(=O)c1cccc(Nc2cc(Nc3cc(C)cc(-c4cccnc4)c3)ncn2)c1.O=C(O)C(F)(F)F. The maximum Gasteiger partial charge on any atom is 0.490 e. The zero-order valence-electron chi connectivity index (χ0n) is 20.6. The number of benzene rings is 2. The lowest BCUT2D eigenvalue weighted by molar-refractivity contribution is -0.192. The fraction of sp³-hybridized carbons (Fsp3) is 0.120. The highest BCUT2D eigenvalue weighted by Crippen LogP contribution is 2.27. The van der Waals surface area contributed by atoms with Gasteiger partial charge in [-0.25, -0.2) is 27.9 Å². The van der Waals surface area contributed by atoms with Crippen molar-refractivity contribution in [3.63, 3.8) is 0 Å². The highest BCUT2D eigenvalue weighted by molar-refractivity contribution is 7.89. The summed E-state index contributed by atoms with van der Waals surface area (Å²) in [5.41, 5.74) is 4.66. The molecular weight excluding hydrogens is 537 g/mol. The molecule has 39 heavy (non-hydrogen) atoms. The number of rotatable bonds is 7. The molecule has 10 nitrogen and oxygen atoms in total. The first-order chi connectivity index (χ1) is 18.4. The molecule has 0 aliphatic rings. The van der Waals surface area contributed by atoms with Crippen LogP contribution in [0.1, 0.15) is 5.56 Å². The number of pyridine rings is 1. The smallest absolute Gasteiger partial charge is 0.475 e. The Morgan fingerprint density at radius 3 is 2.15 bits per heavy atom. The van der Waals surface area contributed by atoms with Gasteiger partial charge in [0.25, 0.3) is 0 Å². The van der Waals surface area contributed by atoms with Gasteiger partial charge in [-0.05, 0) is 61.5 Å². The molecule has 2 aromatic heterocycles. The summed E-state index contributed by atoms with van der Waals surface area (Å²) in [5.74, 6) is -1.63. The number of aryl methyl sites for hydroxylation is 1. The normalized spacial score (nSPS) is 11.2. The van der Waals surface area contributed by atoms with Gasteiger partial charge >= 0.3 is 12.1 Å². The lowest BCUT2D eigenvalue weighted by Crippen LogP contribution is -2.21. The minimum Gasteiger partial charge on any atom is -0.475 e. The lowest BCUT2D eigenvalue weighted by atomic mass is 10.0. The van der Waals surface area contributed by atoms with Crippen LogP contribution in [0.15, 0.2) is 84.3 Å². The summed E-state index contributed by atoms with van der Waals surface area (Å²) in [4.78, 5) is 21.8. The third-order valence-corrected chi connectivity index (χ3v) is 6.35. The fourth-order valence-corrected chi connectivity index (χ4v) is 3.98. The number of nitrogens with one attached hydrogen (secondary N) is 3. The van der Waals surface area contributed by atoms with E-state index in [4.69, 9.17) is 9.90 Å². The average molecular weight is 561 g/mol. The third-order valence-electron chi connectivity index (χ3n) is 4.94. The highest BCUT2D eigenvalue weighted by Gasteiger charge is 2.38. The zero-order chi connectivity index (χ0) is 28.6. The Labute approximate surface area is 222 Å². The number of carboxylic acids is 1. The molecule has 4 aromatic rings. The van der Waals surface area contributed by atoms with Gasteiger partial charge in [0.15, 0.2) is 0 Å². The van der Waals surface area contributed by atoms with Crippen LogP contribution in [-0.2, 0) is 14.8 Å². The maximum absolute atomic E-state index is 12.0. The number of anilines is 4. The molecule has 4 rings (SSSR count). The Morgan fingerprint density at radius 2 is 1.56 bits per heavy atom. The molecule has 0 bridgehead atoms. The van der Waals surface area contributed by atoms with Gasteiger partial charge in [-0.3, -0.25) is 4.98 Å². The number of hydrogen-bond donors (Lipinski definition) is 4. The minimum atomic E-state index is -5.08. The molecule has 4 N–H and O–H groups in total. The van der Waals surface area contributed by atoms with Crippen molar-refractivity contribution in [1.29, 1.82) is 0 Å². The van der Waals surface area contributed by atoms with E-state index in [0.29, 0.717) is 17.3 Å². The van der Waals surface area contributed by atoms with E-state index in [2.05, 4.69) is 36.4 Å². The molecule has 0 radical (unpaired) electrons. The molecule has 2 heterocycles. The molecule has 2 aromatic carbocycles. The number of aromatic nitrogens is 3. The first-order valence-electron chi connectivity index (χ1n) is 11.1. The van der Waals surface area contributed by atoms with Crippen molar-refractivity contribution in [1.82, 2.24) is 19.7 Å². The van der Waals surface area contributed by atoms with E-state index in [1.54, 1.807) is 30.5 Å². The van der Waals surface area contributed by atoms with E-state index < -0.39 is 22.2 Å². The van der Waals surface area contributed by atoms with Crippen LogP contribution in [-0.4, -0.2) is 47.7 Å². The Morgan fingerprint density at radius 1 is 0.897 bits per heavy atom. The van der Waals surface area contributed by atoms with Gasteiger partial charge in [0.05, 0.1) is 4.90 Å². The third kappa shape index (κ3) is 8.48. The number of hydrogen-bond acceptors (Lipinski definition) is 8. The van der Waals surface area contributed by atoms with Crippen LogP contribution in [0.25, 0.3) is 11.1 Å². The topological polar surface area (TPSA) is 146 Å². The van der Waals surface area contributed by atoms with Crippen LogP contribution in [0, 0.1) is 6.92 Å². The van der Waals surface area contributed by atoms with Crippen molar-refractivity contribution in [2.75, 3.05) is 17.7 Å². The molecule has 0 fully saturated rings. The quantitative estimate of drug-likeness (QED) is 0.248. The average Bonchev–Trinajstić information content (AvgIpc) is 2.89. The summed E-state index contributed by atoms with van der Waals surface area (Å²) in [7, 11) is -2.15. The Balaban J connectivity index is 0.000000532. The lowest BCUT2D eigenvalue weighted by Gasteiger charge is -2.12. The van der Waals surface area contributed by atoms with Crippen LogP contribution in [0.5, 0.6) is 0 Å². The van der Waals surface area contributed by atoms with Crippen molar-refractivity contribution in [3.05, 3.63) is 84.9 Å². The van der Waals surface area contributed by atoms with E-state index >= 15 is 0 Å². The summed E-state index contributed by atoms with van der Waals surface area (Å²) >= 11 is 0. The number of carbonyl (C=O) groups is 1. The van der Waals surface area contributed by atoms with Crippen molar-refractivity contribution >= 4 is 39.0 Å². The van der Waals surface area contributed by atoms with Crippen LogP contribution in [0.4, 0.5) is 36.2 Å². The van der Waals surface area contributed by atoms with Gasteiger partial charge in [0.1, 0.15) is 18.0 Å². The van der Waals surface area contributed by atoms with Crippen LogP contribution >= 0.6 is 0 Å². The number of halogens is 3. The van der Waals surface area contributed by atoms with Crippen LogP contribution in [0.3, 0.4) is 0 Å². The van der Waals surface area contributed by atoms with E-state index in [1.807, 2.05) is 37.4 Å². The molecule has 0 atom stereocenters. The molecule has 0 aliphatic heterocycles. The summed E-state index contributed by atoms with van der Waals surface area (Å²) < 4.78 is 58.1. The molecule has 0 saturated carbocycles. The van der Waals surface area contributed by atoms with Crippen molar-refractivity contribution in [2.24, 2.45) is 0 Å². The van der Waals surface area contributed by atoms with Gasteiger partial charge in [-0.15, -0.1) is 0 Å². The van der Waals surface area contributed by atoms with Gasteiger partial charge in [0, 0.05) is 35.4 Å². The second-order valence-corrected chi connectivity index (χ2v) is 9.79. The second-order valence-electron chi connectivity index (χ2n) is 7.91. The first kappa shape index (κ1) is 29.0. The van der Waals surface area contributed by atoms with Gasteiger partial charge < -0.3 is 15.7 Å². The molecule has 204 valence electrons. The van der Waals surface area contributed by atoms with Gasteiger partial charge in [0.2, 0.25) is 10.0 Å². The number of aliphatic carboxylic acids is 1. The summed E-state index contributed by atoms with van der Waals surface area (Å²) in [6, 6.07) is 18.3. The Kier molecular flexibility index (Phi) is 9.16. The van der Waals surface area contributed by atoms with Crippen molar-refractivity contribution in [2.45, 2.75) is 18.0 Å². The molecule has 0 saturated heterocycles. The maximum atomic E-state index is 12.0.